The smallest absolute Gasteiger partial charge is 0.123 e. The van der Waals surface area contributed by atoms with E-state index in [1.54, 1.807) is 12.1 Å². The van der Waals surface area contributed by atoms with Crippen LogP contribution in [0.3, 0.4) is 0 Å². The van der Waals surface area contributed by atoms with Crippen LogP contribution in [-0.4, -0.2) is 0 Å². The molecule has 19 heavy (non-hydrogen) atoms. The first-order valence-electron chi connectivity index (χ1n) is 5.85. The summed E-state index contributed by atoms with van der Waals surface area (Å²) in [4.78, 5) is 2.29. The first-order valence-corrected chi connectivity index (χ1v) is 7.57. The summed E-state index contributed by atoms with van der Waals surface area (Å²) < 4.78 is 13.3. The molecule has 1 heterocycles. The minimum absolute atomic E-state index is 0.212. The molecule has 1 aliphatic rings. The van der Waals surface area contributed by atoms with Crippen LogP contribution in [0.4, 0.5) is 4.39 Å². The van der Waals surface area contributed by atoms with Gasteiger partial charge in [-0.2, -0.15) is 10.9 Å². The number of hydrogen-bond donors (Lipinski definition) is 1. The van der Waals surface area contributed by atoms with Crippen molar-refractivity contribution in [2.75, 3.05) is 0 Å². The second-order valence-electron chi connectivity index (χ2n) is 4.17. The highest BCUT2D eigenvalue weighted by atomic mass is 35.5. The molecule has 3 rings (SSSR count). The highest BCUT2D eigenvalue weighted by Crippen LogP contribution is 2.52. The molecular formula is C16H11ClFS. The summed E-state index contributed by atoms with van der Waals surface area (Å²) in [6.07, 6.45) is 3.93. The zero-order chi connectivity index (χ0) is 13.2. The maximum absolute atomic E-state index is 13.3. The van der Waals surface area contributed by atoms with Gasteiger partial charge in [0.15, 0.2) is 0 Å². The molecule has 1 aliphatic heterocycles. The molecule has 0 bridgehead atoms. The largest absolute Gasteiger partial charge is 0.207 e. The van der Waals surface area contributed by atoms with Gasteiger partial charge in [0, 0.05) is 15.3 Å². The van der Waals surface area contributed by atoms with Crippen molar-refractivity contribution in [3.63, 3.8) is 0 Å². The van der Waals surface area contributed by atoms with Crippen molar-refractivity contribution in [1.82, 2.24) is 0 Å². The summed E-state index contributed by atoms with van der Waals surface area (Å²) in [6.45, 7) is 0. The Bertz CT molecular complexity index is 659. The summed E-state index contributed by atoms with van der Waals surface area (Å²) >= 11 is 5.91. The van der Waals surface area contributed by atoms with Crippen LogP contribution < -0.4 is 0 Å². The van der Waals surface area contributed by atoms with E-state index in [-0.39, 0.29) is 5.82 Å². The van der Waals surface area contributed by atoms with Gasteiger partial charge in [-0.05, 0) is 59.0 Å². The molecule has 0 spiro atoms. The van der Waals surface area contributed by atoms with E-state index in [1.807, 2.05) is 42.5 Å². The Morgan fingerprint density at radius 2 is 1.84 bits per heavy atom. The molecule has 2 aromatic rings. The van der Waals surface area contributed by atoms with Crippen LogP contribution in [0.25, 0.3) is 4.91 Å². The molecule has 0 saturated carbocycles. The van der Waals surface area contributed by atoms with Crippen LogP contribution in [0.15, 0.2) is 65.6 Å². The van der Waals surface area contributed by atoms with Gasteiger partial charge in [-0.3, -0.25) is 0 Å². The van der Waals surface area contributed by atoms with Crippen LogP contribution in [-0.2, 0) is 0 Å². The van der Waals surface area contributed by atoms with E-state index in [1.165, 1.54) is 11.0 Å². The minimum Gasteiger partial charge on any atom is -0.207 e. The molecular weight excluding hydrogens is 279 g/mol. The SMILES string of the molecule is Fc1cccc(C2=CC=[C][SH]2c2ccc(Cl)cc2)c1. The van der Waals surface area contributed by atoms with E-state index >= 15 is 0 Å². The zero-order valence-electron chi connectivity index (χ0n) is 9.98. The van der Waals surface area contributed by atoms with Crippen molar-refractivity contribution in [3.8, 4) is 0 Å². The summed E-state index contributed by atoms with van der Waals surface area (Å²) in [6, 6.07) is 14.5. The second kappa shape index (κ2) is 5.24. The normalized spacial score (nSPS) is 19.5. The lowest BCUT2D eigenvalue weighted by molar-refractivity contribution is 0.627. The lowest BCUT2D eigenvalue weighted by Crippen LogP contribution is -1.86. The van der Waals surface area contributed by atoms with Crippen molar-refractivity contribution in [1.29, 1.82) is 0 Å². The first kappa shape index (κ1) is 12.5. The molecule has 0 aromatic heterocycles. The summed E-state index contributed by atoms with van der Waals surface area (Å²) in [5.41, 5.74) is 0.919. The van der Waals surface area contributed by atoms with Gasteiger partial charge in [0.25, 0.3) is 0 Å². The third-order valence-electron chi connectivity index (χ3n) is 2.89. The number of hydrogen-bond acceptors (Lipinski definition) is 0. The fourth-order valence-electron chi connectivity index (χ4n) is 2.01. The molecule has 3 heteroatoms. The standard InChI is InChI=1S/C16H11ClFS/c17-13-6-8-15(9-7-13)19-10-2-5-16(19)12-3-1-4-14(18)11-12/h1-9,11,19H. The molecule has 1 radical (unpaired) electrons. The van der Waals surface area contributed by atoms with E-state index < -0.39 is 10.9 Å². The van der Waals surface area contributed by atoms with E-state index in [4.69, 9.17) is 11.6 Å². The van der Waals surface area contributed by atoms with Crippen molar-refractivity contribution in [2.45, 2.75) is 4.90 Å². The fourth-order valence-corrected chi connectivity index (χ4v) is 4.00. The molecule has 1 atom stereocenters. The van der Waals surface area contributed by atoms with Gasteiger partial charge in [0.1, 0.15) is 5.82 Å². The lowest BCUT2D eigenvalue weighted by Gasteiger charge is -2.18. The Hall–Kier alpha value is -1.51. The second-order valence-corrected chi connectivity index (χ2v) is 6.53. The molecule has 0 amide bonds. The average Bonchev–Trinajstić information content (AvgIpc) is 2.89. The molecule has 0 fully saturated rings. The lowest BCUT2D eigenvalue weighted by atomic mass is 10.2. The topological polar surface area (TPSA) is 0 Å². The van der Waals surface area contributed by atoms with Gasteiger partial charge in [-0.25, -0.2) is 4.39 Å². The van der Waals surface area contributed by atoms with Crippen molar-refractivity contribution >= 4 is 27.4 Å². The quantitative estimate of drug-likeness (QED) is 0.721. The van der Waals surface area contributed by atoms with Gasteiger partial charge in [-0.1, -0.05) is 23.7 Å². The molecule has 0 N–H and O–H groups in total. The van der Waals surface area contributed by atoms with Crippen molar-refractivity contribution in [2.24, 2.45) is 0 Å². The zero-order valence-corrected chi connectivity index (χ0v) is 11.6. The van der Waals surface area contributed by atoms with Gasteiger partial charge in [0.2, 0.25) is 0 Å². The molecule has 0 nitrogen and oxygen atoms in total. The van der Waals surface area contributed by atoms with Crippen LogP contribution in [0, 0.1) is 11.2 Å². The number of thiol groups is 1. The minimum atomic E-state index is -0.674. The van der Waals surface area contributed by atoms with Crippen molar-refractivity contribution < 1.29 is 4.39 Å². The molecule has 1 unspecified atom stereocenters. The van der Waals surface area contributed by atoms with E-state index in [0.717, 1.165) is 15.5 Å². The van der Waals surface area contributed by atoms with Crippen LogP contribution in [0.5, 0.6) is 0 Å². The molecule has 0 saturated heterocycles. The van der Waals surface area contributed by atoms with Gasteiger partial charge in [-0.15, -0.1) is 0 Å². The molecule has 2 aromatic carbocycles. The number of benzene rings is 2. The van der Waals surface area contributed by atoms with Crippen LogP contribution in [0.1, 0.15) is 5.56 Å². The maximum atomic E-state index is 13.3. The van der Waals surface area contributed by atoms with Crippen molar-refractivity contribution in [3.05, 3.63) is 82.5 Å². The van der Waals surface area contributed by atoms with Crippen LogP contribution >= 0.6 is 22.5 Å². The maximum Gasteiger partial charge on any atom is 0.123 e. The summed E-state index contributed by atoms with van der Waals surface area (Å²) in [5.74, 6) is -0.212. The predicted octanol–water partition coefficient (Wildman–Crippen LogP) is 5.21. The predicted molar refractivity (Wildman–Crippen MR) is 80.9 cm³/mol. The number of allylic oxidation sites excluding steroid dienone is 2. The Balaban J connectivity index is 1.97. The average molecular weight is 290 g/mol. The summed E-state index contributed by atoms with van der Waals surface area (Å²) in [7, 11) is -0.674. The van der Waals surface area contributed by atoms with E-state index in [2.05, 4.69) is 5.41 Å². The van der Waals surface area contributed by atoms with Gasteiger partial charge < -0.3 is 0 Å². The number of halogens is 2. The highest BCUT2D eigenvalue weighted by molar-refractivity contribution is 8.26. The fraction of sp³-hybridized carbons (Fsp3) is 0. The third-order valence-corrected chi connectivity index (χ3v) is 5.25. The van der Waals surface area contributed by atoms with E-state index in [0.29, 0.717) is 0 Å². The Labute approximate surface area is 119 Å². The van der Waals surface area contributed by atoms with Crippen LogP contribution in [0.2, 0.25) is 5.02 Å². The van der Waals surface area contributed by atoms with Gasteiger partial charge in [0.05, 0.1) is 0 Å². The van der Waals surface area contributed by atoms with Gasteiger partial charge >= 0.3 is 0 Å². The summed E-state index contributed by atoms with van der Waals surface area (Å²) in [5, 5.41) is 4.06. The third kappa shape index (κ3) is 2.60. The monoisotopic (exact) mass is 289 g/mol. The Kier molecular flexibility index (Phi) is 3.45. The number of rotatable bonds is 2. The molecule has 0 aliphatic carbocycles. The Morgan fingerprint density at radius 3 is 2.58 bits per heavy atom. The molecule has 95 valence electrons. The van der Waals surface area contributed by atoms with E-state index in [9.17, 15) is 4.39 Å². The Morgan fingerprint density at radius 1 is 1.05 bits per heavy atom. The first-order chi connectivity index (χ1) is 9.24. The highest BCUT2D eigenvalue weighted by Gasteiger charge is 2.15.